The minimum Gasteiger partial charge on any atom is -0.338 e. The van der Waals surface area contributed by atoms with Crippen LogP contribution in [0.1, 0.15) is 25.8 Å². The average Bonchev–Trinajstić information content (AvgIpc) is 2.43. The summed E-state index contributed by atoms with van der Waals surface area (Å²) in [6.45, 7) is 6.28. The molecule has 0 spiro atoms. The lowest BCUT2D eigenvalue weighted by molar-refractivity contribution is -0.128. The average molecular weight is 280 g/mol. The van der Waals surface area contributed by atoms with Crippen molar-refractivity contribution in [3.63, 3.8) is 0 Å². The number of benzene rings is 1. The number of rotatable bonds is 8. The Morgan fingerprint density at radius 2 is 2.05 bits per heavy atom. The smallest absolute Gasteiger partial charge is 0.232 e. The van der Waals surface area contributed by atoms with Gasteiger partial charge in [0.15, 0.2) is 0 Å². The van der Waals surface area contributed by atoms with Crippen molar-refractivity contribution in [3.8, 4) is 0 Å². The number of thioether (sulfide) groups is 1. The molecule has 2 N–H and O–H groups in total. The summed E-state index contributed by atoms with van der Waals surface area (Å²) in [6, 6.07) is 10.1. The zero-order valence-corrected chi connectivity index (χ0v) is 12.7. The van der Waals surface area contributed by atoms with Gasteiger partial charge in [-0.3, -0.25) is 4.79 Å². The van der Waals surface area contributed by atoms with Gasteiger partial charge in [-0.2, -0.15) is 0 Å². The highest BCUT2D eigenvalue weighted by atomic mass is 32.2. The molecule has 0 bridgehead atoms. The highest BCUT2D eigenvalue weighted by molar-refractivity contribution is 8.00. The Morgan fingerprint density at radius 3 is 2.63 bits per heavy atom. The summed E-state index contributed by atoms with van der Waals surface area (Å²) in [4.78, 5) is 14.1. The fourth-order valence-electron chi connectivity index (χ4n) is 1.80. The number of nitrogens with zero attached hydrogens (tertiary/aromatic N) is 1. The molecule has 1 atom stereocenters. The van der Waals surface area contributed by atoms with Gasteiger partial charge in [0.2, 0.25) is 5.91 Å². The molecule has 0 heterocycles. The number of nitrogens with two attached hydrogens (primary N) is 1. The summed E-state index contributed by atoms with van der Waals surface area (Å²) < 4.78 is 0. The summed E-state index contributed by atoms with van der Waals surface area (Å²) in [6.07, 6.45) is 0.961. The van der Waals surface area contributed by atoms with Crippen LogP contribution in [-0.2, 0) is 11.3 Å². The summed E-state index contributed by atoms with van der Waals surface area (Å²) in [5.74, 6) is 0.752. The van der Waals surface area contributed by atoms with Crippen LogP contribution in [0.4, 0.5) is 0 Å². The highest BCUT2D eigenvalue weighted by Gasteiger charge is 2.13. The van der Waals surface area contributed by atoms with Crippen molar-refractivity contribution in [3.05, 3.63) is 35.9 Å². The maximum atomic E-state index is 12.2. The van der Waals surface area contributed by atoms with E-state index in [0.29, 0.717) is 24.1 Å². The number of carbonyl (C=O) groups is 1. The molecule has 0 fully saturated rings. The maximum absolute atomic E-state index is 12.2. The second kappa shape index (κ2) is 8.99. The lowest BCUT2D eigenvalue weighted by Gasteiger charge is -2.21. The van der Waals surface area contributed by atoms with Gasteiger partial charge < -0.3 is 10.6 Å². The number of hydrogen-bond acceptors (Lipinski definition) is 3. The van der Waals surface area contributed by atoms with Crippen molar-refractivity contribution in [2.45, 2.75) is 32.1 Å². The summed E-state index contributed by atoms with van der Waals surface area (Å²) >= 11 is 1.69. The molecular formula is C15H24N2OS. The molecule has 1 rings (SSSR count). The van der Waals surface area contributed by atoms with Crippen molar-refractivity contribution in [1.82, 2.24) is 4.90 Å². The topological polar surface area (TPSA) is 46.3 Å². The van der Waals surface area contributed by atoms with Gasteiger partial charge in [0, 0.05) is 18.3 Å². The molecule has 1 unspecified atom stereocenters. The molecule has 0 saturated carbocycles. The standard InChI is InChI=1S/C15H24N2OS/c1-3-17(11-14-7-5-4-6-8-14)15(18)12-19-13(2)9-10-16/h4-8,13H,3,9-12,16H2,1-2H3. The maximum Gasteiger partial charge on any atom is 0.232 e. The Morgan fingerprint density at radius 1 is 1.37 bits per heavy atom. The van der Waals surface area contributed by atoms with E-state index in [1.807, 2.05) is 30.0 Å². The Hall–Kier alpha value is -1.00. The number of hydrogen-bond donors (Lipinski definition) is 1. The number of carbonyl (C=O) groups excluding carboxylic acids is 1. The zero-order valence-electron chi connectivity index (χ0n) is 11.8. The fourth-order valence-corrected chi connectivity index (χ4v) is 2.72. The normalized spacial score (nSPS) is 12.2. The van der Waals surface area contributed by atoms with Crippen LogP contribution in [0.5, 0.6) is 0 Å². The molecule has 0 aliphatic carbocycles. The second-order valence-electron chi connectivity index (χ2n) is 4.59. The van der Waals surface area contributed by atoms with E-state index in [1.165, 1.54) is 5.56 Å². The fraction of sp³-hybridized carbons (Fsp3) is 0.533. The van der Waals surface area contributed by atoms with Gasteiger partial charge in [-0.05, 0) is 25.5 Å². The van der Waals surface area contributed by atoms with Crippen LogP contribution in [0.15, 0.2) is 30.3 Å². The molecule has 106 valence electrons. The van der Waals surface area contributed by atoms with E-state index in [-0.39, 0.29) is 5.91 Å². The molecule has 1 aromatic rings. The third kappa shape index (κ3) is 6.12. The van der Waals surface area contributed by atoms with E-state index in [2.05, 4.69) is 19.1 Å². The first-order valence-electron chi connectivity index (χ1n) is 6.80. The molecule has 0 saturated heterocycles. The van der Waals surface area contributed by atoms with E-state index in [0.717, 1.165) is 13.0 Å². The first kappa shape index (κ1) is 16.1. The van der Waals surface area contributed by atoms with E-state index in [1.54, 1.807) is 11.8 Å². The Balaban J connectivity index is 2.44. The lowest BCUT2D eigenvalue weighted by Crippen LogP contribution is -2.32. The molecule has 0 aliphatic heterocycles. The van der Waals surface area contributed by atoms with Gasteiger partial charge >= 0.3 is 0 Å². The van der Waals surface area contributed by atoms with Crippen LogP contribution in [0.2, 0.25) is 0 Å². The van der Waals surface area contributed by atoms with Gasteiger partial charge in [0.05, 0.1) is 5.75 Å². The quantitative estimate of drug-likeness (QED) is 0.796. The van der Waals surface area contributed by atoms with Gasteiger partial charge in [-0.25, -0.2) is 0 Å². The monoisotopic (exact) mass is 280 g/mol. The first-order valence-corrected chi connectivity index (χ1v) is 7.85. The summed E-state index contributed by atoms with van der Waals surface area (Å²) in [5, 5.41) is 0.449. The van der Waals surface area contributed by atoms with E-state index in [9.17, 15) is 4.79 Å². The van der Waals surface area contributed by atoms with E-state index >= 15 is 0 Å². The van der Waals surface area contributed by atoms with E-state index < -0.39 is 0 Å². The third-order valence-electron chi connectivity index (χ3n) is 3.02. The molecule has 0 aromatic heterocycles. The van der Waals surface area contributed by atoms with Crippen LogP contribution < -0.4 is 5.73 Å². The van der Waals surface area contributed by atoms with Crippen LogP contribution in [0.3, 0.4) is 0 Å². The minimum absolute atomic E-state index is 0.209. The van der Waals surface area contributed by atoms with Crippen molar-refractivity contribution in [2.24, 2.45) is 5.73 Å². The molecule has 3 nitrogen and oxygen atoms in total. The van der Waals surface area contributed by atoms with Crippen molar-refractivity contribution >= 4 is 17.7 Å². The van der Waals surface area contributed by atoms with Crippen LogP contribution in [-0.4, -0.2) is 34.9 Å². The number of amides is 1. The predicted molar refractivity (Wildman–Crippen MR) is 83.1 cm³/mol. The largest absolute Gasteiger partial charge is 0.338 e. The second-order valence-corrected chi connectivity index (χ2v) is 6.02. The SMILES string of the molecule is CCN(Cc1ccccc1)C(=O)CSC(C)CCN. The highest BCUT2D eigenvalue weighted by Crippen LogP contribution is 2.15. The van der Waals surface area contributed by atoms with Crippen LogP contribution in [0, 0.1) is 0 Å². The van der Waals surface area contributed by atoms with Gasteiger partial charge in [0.1, 0.15) is 0 Å². The molecular weight excluding hydrogens is 256 g/mol. The van der Waals surface area contributed by atoms with E-state index in [4.69, 9.17) is 5.73 Å². The van der Waals surface area contributed by atoms with Crippen LogP contribution >= 0.6 is 11.8 Å². The Kier molecular flexibility index (Phi) is 7.60. The van der Waals surface area contributed by atoms with Crippen molar-refractivity contribution in [1.29, 1.82) is 0 Å². The minimum atomic E-state index is 0.209. The molecule has 1 aromatic carbocycles. The van der Waals surface area contributed by atoms with Crippen molar-refractivity contribution in [2.75, 3.05) is 18.8 Å². The third-order valence-corrected chi connectivity index (χ3v) is 4.23. The molecule has 0 radical (unpaired) electrons. The first-order chi connectivity index (χ1) is 9.17. The van der Waals surface area contributed by atoms with Crippen molar-refractivity contribution < 1.29 is 4.79 Å². The summed E-state index contributed by atoms with van der Waals surface area (Å²) in [5.41, 5.74) is 6.69. The zero-order chi connectivity index (χ0) is 14.1. The molecule has 4 heteroatoms. The Bertz CT molecular complexity index is 370. The molecule has 0 aliphatic rings. The summed E-state index contributed by atoms with van der Waals surface area (Å²) in [7, 11) is 0. The Labute approximate surface area is 120 Å². The van der Waals surface area contributed by atoms with Gasteiger partial charge in [-0.15, -0.1) is 11.8 Å². The van der Waals surface area contributed by atoms with Gasteiger partial charge in [0.25, 0.3) is 0 Å². The lowest BCUT2D eigenvalue weighted by atomic mass is 10.2. The van der Waals surface area contributed by atoms with Gasteiger partial charge in [-0.1, -0.05) is 37.3 Å². The van der Waals surface area contributed by atoms with Crippen LogP contribution in [0.25, 0.3) is 0 Å². The molecule has 1 amide bonds. The molecule has 19 heavy (non-hydrogen) atoms. The predicted octanol–water partition coefficient (Wildman–Crippen LogP) is 2.51.